The fourth-order valence-electron chi connectivity index (χ4n) is 2.40. The molecule has 0 radical (unpaired) electrons. The Hall–Kier alpha value is -2.20. The zero-order valence-electron chi connectivity index (χ0n) is 11.3. The zero-order valence-corrected chi connectivity index (χ0v) is 12.1. The van der Waals surface area contributed by atoms with Crippen LogP contribution in [0.1, 0.15) is 22.3 Å². The first-order chi connectivity index (χ1) is 10.1. The van der Waals surface area contributed by atoms with Gasteiger partial charge in [-0.25, -0.2) is 0 Å². The number of phenols is 1. The molecule has 0 fully saturated rings. The molecular weight excluding hydrogens is 288 g/mol. The lowest BCUT2D eigenvalue weighted by Crippen LogP contribution is -2.14. The first kappa shape index (κ1) is 13.8. The molecule has 2 aromatic rings. The summed E-state index contributed by atoms with van der Waals surface area (Å²) in [5.41, 5.74) is 3.51. The average Bonchev–Trinajstić information content (AvgIpc) is 2.50. The third-order valence-corrected chi connectivity index (χ3v) is 3.81. The highest BCUT2D eigenvalue weighted by Gasteiger charge is 2.12. The molecule has 0 saturated carbocycles. The molecule has 5 heteroatoms. The van der Waals surface area contributed by atoms with Gasteiger partial charge in [-0.1, -0.05) is 11.6 Å². The number of phenolic OH excluding ortho intramolecular Hbond substituents is 1. The Balaban J connectivity index is 1.79. The van der Waals surface area contributed by atoms with Gasteiger partial charge in [-0.15, -0.1) is 0 Å². The SMILES string of the molecule is O=C(Nc1ccc2c(c1)CCCN2)c1ccc(O)c(Cl)c1. The molecule has 0 aliphatic carbocycles. The second-order valence-corrected chi connectivity index (χ2v) is 5.43. The molecule has 0 saturated heterocycles. The first-order valence-electron chi connectivity index (χ1n) is 6.80. The average molecular weight is 303 g/mol. The highest BCUT2D eigenvalue weighted by atomic mass is 35.5. The van der Waals surface area contributed by atoms with Gasteiger partial charge >= 0.3 is 0 Å². The Bertz CT molecular complexity index is 701. The number of carbonyl (C=O) groups is 1. The Morgan fingerprint density at radius 2 is 2.10 bits per heavy atom. The van der Waals surface area contributed by atoms with Crippen LogP contribution in [0.2, 0.25) is 5.02 Å². The molecule has 0 atom stereocenters. The summed E-state index contributed by atoms with van der Waals surface area (Å²) >= 11 is 5.82. The number of aromatic hydroxyl groups is 1. The van der Waals surface area contributed by atoms with Gasteiger partial charge in [-0.3, -0.25) is 4.79 Å². The number of benzene rings is 2. The Labute approximate surface area is 127 Å². The van der Waals surface area contributed by atoms with E-state index in [4.69, 9.17) is 11.6 Å². The van der Waals surface area contributed by atoms with Crippen molar-refractivity contribution in [3.8, 4) is 5.75 Å². The van der Waals surface area contributed by atoms with Crippen molar-refractivity contribution in [2.75, 3.05) is 17.2 Å². The van der Waals surface area contributed by atoms with E-state index in [9.17, 15) is 9.90 Å². The van der Waals surface area contributed by atoms with E-state index < -0.39 is 0 Å². The van der Waals surface area contributed by atoms with E-state index in [0.29, 0.717) is 5.56 Å². The van der Waals surface area contributed by atoms with Gasteiger partial charge < -0.3 is 15.7 Å². The standard InChI is InChI=1S/C16H15ClN2O2/c17-13-9-11(3-6-15(13)20)16(21)19-12-4-5-14-10(8-12)2-1-7-18-14/h3-6,8-9,18,20H,1-2,7H2,(H,19,21). The van der Waals surface area contributed by atoms with Gasteiger partial charge in [0.2, 0.25) is 0 Å². The smallest absolute Gasteiger partial charge is 0.255 e. The Kier molecular flexibility index (Phi) is 3.71. The molecule has 21 heavy (non-hydrogen) atoms. The number of hydrogen-bond acceptors (Lipinski definition) is 3. The lowest BCUT2D eigenvalue weighted by molar-refractivity contribution is 0.102. The molecule has 0 bridgehead atoms. The van der Waals surface area contributed by atoms with E-state index in [-0.39, 0.29) is 16.7 Å². The third kappa shape index (κ3) is 2.95. The minimum absolute atomic E-state index is 0.0342. The summed E-state index contributed by atoms with van der Waals surface area (Å²) in [4.78, 5) is 12.2. The Morgan fingerprint density at radius 1 is 1.24 bits per heavy atom. The second-order valence-electron chi connectivity index (χ2n) is 5.02. The van der Waals surface area contributed by atoms with Crippen LogP contribution in [0.15, 0.2) is 36.4 Å². The number of fused-ring (bicyclic) bond motifs is 1. The summed E-state index contributed by atoms with van der Waals surface area (Å²) in [7, 11) is 0. The van der Waals surface area contributed by atoms with Crippen molar-refractivity contribution in [3.63, 3.8) is 0 Å². The minimum Gasteiger partial charge on any atom is -0.506 e. The third-order valence-electron chi connectivity index (χ3n) is 3.51. The van der Waals surface area contributed by atoms with Crippen molar-refractivity contribution in [2.45, 2.75) is 12.8 Å². The quantitative estimate of drug-likeness (QED) is 0.793. The predicted molar refractivity (Wildman–Crippen MR) is 84.3 cm³/mol. The lowest BCUT2D eigenvalue weighted by atomic mass is 10.0. The van der Waals surface area contributed by atoms with Crippen molar-refractivity contribution in [1.82, 2.24) is 0 Å². The number of anilines is 2. The molecule has 3 N–H and O–H groups in total. The molecule has 1 aliphatic heterocycles. The summed E-state index contributed by atoms with van der Waals surface area (Å²) < 4.78 is 0. The topological polar surface area (TPSA) is 61.4 Å². The van der Waals surface area contributed by atoms with E-state index in [1.807, 2.05) is 18.2 Å². The van der Waals surface area contributed by atoms with Crippen LogP contribution in [0.4, 0.5) is 11.4 Å². The van der Waals surface area contributed by atoms with Gasteiger partial charge in [0, 0.05) is 23.5 Å². The van der Waals surface area contributed by atoms with Crippen LogP contribution in [0.5, 0.6) is 5.75 Å². The molecule has 3 rings (SSSR count). The van der Waals surface area contributed by atoms with Crippen LogP contribution in [-0.2, 0) is 6.42 Å². The second kappa shape index (κ2) is 5.66. The molecule has 0 aromatic heterocycles. The molecule has 108 valence electrons. The van der Waals surface area contributed by atoms with Crippen LogP contribution < -0.4 is 10.6 Å². The number of halogens is 1. The van der Waals surface area contributed by atoms with E-state index in [0.717, 1.165) is 30.8 Å². The fourth-order valence-corrected chi connectivity index (χ4v) is 2.58. The first-order valence-corrected chi connectivity index (χ1v) is 7.18. The monoisotopic (exact) mass is 302 g/mol. The van der Waals surface area contributed by atoms with Crippen LogP contribution in [-0.4, -0.2) is 17.6 Å². The molecule has 0 spiro atoms. The predicted octanol–water partition coefficient (Wildman–Crippen LogP) is 3.66. The number of rotatable bonds is 2. The molecule has 2 aromatic carbocycles. The summed E-state index contributed by atoms with van der Waals surface area (Å²) in [5.74, 6) is -0.284. The number of carbonyl (C=O) groups excluding carboxylic acids is 1. The summed E-state index contributed by atoms with van der Waals surface area (Å²) in [5, 5.41) is 15.7. The summed E-state index contributed by atoms with van der Waals surface area (Å²) in [6, 6.07) is 10.2. The molecule has 1 heterocycles. The largest absolute Gasteiger partial charge is 0.506 e. The highest BCUT2D eigenvalue weighted by molar-refractivity contribution is 6.32. The van der Waals surface area contributed by atoms with Gasteiger partial charge in [0.15, 0.2) is 0 Å². The van der Waals surface area contributed by atoms with Crippen LogP contribution in [0.3, 0.4) is 0 Å². The summed E-state index contributed by atoms with van der Waals surface area (Å²) in [6.45, 7) is 0.991. The molecule has 0 unspecified atom stereocenters. The molecule has 1 amide bonds. The molecule has 1 aliphatic rings. The fraction of sp³-hybridized carbons (Fsp3) is 0.188. The molecule has 4 nitrogen and oxygen atoms in total. The number of hydrogen-bond donors (Lipinski definition) is 3. The van der Waals surface area contributed by atoms with Crippen LogP contribution in [0.25, 0.3) is 0 Å². The van der Waals surface area contributed by atoms with Crippen molar-refractivity contribution in [3.05, 3.63) is 52.5 Å². The Morgan fingerprint density at radius 3 is 2.90 bits per heavy atom. The number of aryl methyl sites for hydroxylation is 1. The van der Waals surface area contributed by atoms with Gasteiger partial charge in [0.05, 0.1) is 5.02 Å². The van der Waals surface area contributed by atoms with Crippen molar-refractivity contribution < 1.29 is 9.90 Å². The van der Waals surface area contributed by atoms with Crippen molar-refractivity contribution in [2.24, 2.45) is 0 Å². The van der Waals surface area contributed by atoms with Crippen molar-refractivity contribution in [1.29, 1.82) is 0 Å². The number of amides is 1. The van der Waals surface area contributed by atoms with E-state index in [1.165, 1.54) is 23.8 Å². The van der Waals surface area contributed by atoms with Gasteiger partial charge in [0.1, 0.15) is 5.75 Å². The van der Waals surface area contributed by atoms with E-state index in [2.05, 4.69) is 10.6 Å². The maximum absolute atomic E-state index is 12.2. The van der Waals surface area contributed by atoms with Crippen LogP contribution >= 0.6 is 11.6 Å². The molecular formula is C16H15ClN2O2. The van der Waals surface area contributed by atoms with Gasteiger partial charge in [0.25, 0.3) is 5.91 Å². The maximum atomic E-state index is 12.2. The normalized spacial score (nSPS) is 13.2. The maximum Gasteiger partial charge on any atom is 0.255 e. The van der Waals surface area contributed by atoms with Gasteiger partial charge in [-0.05, 0) is 54.8 Å². The van der Waals surface area contributed by atoms with E-state index >= 15 is 0 Å². The van der Waals surface area contributed by atoms with Crippen LogP contribution in [0, 0.1) is 0 Å². The summed E-state index contributed by atoms with van der Waals surface area (Å²) in [6.07, 6.45) is 2.11. The minimum atomic E-state index is -0.249. The number of nitrogens with one attached hydrogen (secondary N) is 2. The lowest BCUT2D eigenvalue weighted by Gasteiger charge is -2.18. The van der Waals surface area contributed by atoms with Gasteiger partial charge in [-0.2, -0.15) is 0 Å². The van der Waals surface area contributed by atoms with Crippen molar-refractivity contribution >= 4 is 28.9 Å². The zero-order chi connectivity index (χ0) is 14.8. The highest BCUT2D eigenvalue weighted by Crippen LogP contribution is 2.26. The van der Waals surface area contributed by atoms with E-state index in [1.54, 1.807) is 0 Å².